The van der Waals surface area contributed by atoms with Gasteiger partial charge in [0.25, 0.3) is 0 Å². The Kier molecular flexibility index (Phi) is 3.19. The summed E-state index contributed by atoms with van der Waals surface area (Å²) in [6.45, 7) is 6.75. The minimum atomic E-state index is 0.371. The quantitative estimate of drug-likeness (QED) is 0.816. The van der Waals surface area contributed by atoms with Crippen molar-refractivity contribution in [2.24, 2.45) is 12.5 Å². The van der Waals surface area contributed by atoms with Gasteiger partial charge in [-0.3, -0.25) is 0 Å². The van der Waals surface area contributed by atoms with Crippen molar-refractivity contribution < 1.29 is 0 Å². The third-order valence-corrected chi connectivity index (χ3v) is 3.62. The molecule has 4 heteroatoms. The van der Waals surface area contributed by atoms with Gasteiger partial charge in [0.05, 0.1) is 0 Å². The first kappa shape index (κ1) is 11.5. The number of rotatable bonds is 3. The highest BCUT2D eigenvalue weighted by Gasteiger charge is 2.31. The minimum absolute atomic E-state index is 0.371. The number of anilines is 1. The Labute approximate surface area is 97.4 Å². The average molecular weight is 222 g/mol. The van der Waals surface area contributed by atoms with Gasteiger partial charge in [0.15, 0.2) is 0 Å². The number of aromatic nitrogens is 2. The highest BCUT2D eigenvalue weighted by atomic mass is 15.2. The van der Waals surface area contributed by atoms with E-state index in [-0.39, 0.29) is 0 Å². The highest BCUT2D eigenvalue weighted by molar-refractivity contribution is 5.25. The third kappa shape index (κ3) is 2.38. The maximum atomic E-state index is 4.27. The van der Waals surface area contributed by atoms with Crippen LogP contribution in [0.4, 0.5) is 5.95 Å². The van der Waals surface area contributed by atoms with E-state index in [0.717, 1.165) is 19.0 Å². The molecule has 16 heavy (non-hydrogen) atoms. The maximum Gasteiger partial charge on any atom is 0.202 e. The zero-order chi connectivity index (χ0) is 11.6. The lowest BCUT2D eigenvalue weighted by Gasteiger charge is -2.39. The molecule has 0 radical (unpaired) electrons. The molecule has 0 saturated carbocycles. The summed E-state index contributed by atoms with van der Waals surface area (Å²) in [5.74, 6) is 0.947. The van der Waals surface area contributed by atoms with Gasteiger partial charge in [-0.25, -0.2) is 4.98 Å². The zero-order valence-electron chi connectivity index (χ0n) is 10.5. The molecule has 0 aromatic carbocycles. The van der Waals surface area contributed by atoms with Crippen LogP contribution in [0.3, 0.4) is 0 Å². The van der Waals surface area contributed by atoms with Crippen LogP contribution in [0, 0.1) is 5.41 Å². The van der Waals surface area contributed by atoms with Crippen LogP contribution in [0.15, 0.2) is 12.4 Å². The molecule has 1 unspecified atom stereocenters. The molecule has 1 saturated heterocycles. The van der Waals surface area contributed by atoms with Crippen molar-refractivity contribution in [3.8, 4) is 0 Å². The smallest absolute Gasteiger partial charge is 0.202 e. The topological polar surface area (TPSA) is 41.9 Å². The number of nitrogens with one attached hydrogen (secondary N) is 2. The number of imidazole rings is 1. The predicted molar refractivity (Wildman–Crippen MR) is 66.5 cm³/mol. The molecule has 2 heterocycles. The fourth-order valence-electron chi connectivity index (χ4n) is 2.35. The van der Waals surface area contributed by atoms with Crippen LogP contribution in [0.2, 0.25) is 0 Å². The van der Waals surface area contributed by atoms with Gasteiger partial charge in [-0.1, -0.05) is 13.8 Å². The van der Waals surface area contributed by atoms with Crippen molar-refractivity contribution in [3.05, 3.63) is 12.4 Å². The van der Waals surface area contributed by atoms with E-state index in [2.05, 4.69) is 29.5 Å². The van der Waals surface area contributed by atoms with Crippen LogP contribution in [0.5, 0.6) is 0 Å². The summed E-state index contributed by atoms with van der Waals surface area (Å²) in [7, 11) is 2.01. The Bertz CT molecular complexity index is 343. The van der Waals surface area contributed by atoms with Crippen LogP contribution in [0.1, 0.15) is 26.7 Å². The Morgan fingerprint density at radius 1 is 1.62 bits per heavy atom. The second-order valence-corrected chi connectivity index (χ2v) is 5.34. The zero-order valence-corrected chi connectivity index (χ0v) is 10.5. The van der Waals surface area contributed by atoms with Gasteiger partial charge in [-0.05, 0) is 24.8 Å². The van der Waals surface area contributed by atoms with Crippen molar-refractivity contribution in [1.29, 1.82) is 0 Å². The largest absolute Gasteiger partial charge is 0.354 e. The summed E-state index contributed by atoms with van der Waals surface area (Å²) >= 11 is 0. The molecule has 2 N–H and O–H groups in total. The third-order valence-electron chi connectivity index (χ3n) is 3.62. The lowest BCUT2D eigenvalue weighted by atomic mass is 9.77. The molecule has 0 spiro atoms. The van der Waals surface area contributed by atoms with E-state index >= 15 is 0 Å². The highest BCUT2D eigenvalue weighted by Crippen LogP contribution is 2.29. The molecule has 0 aliphatic carbocycles. The van der Waals surface area contributed by atoms with E-state index in [0.29, 0.717) is 11.5 Å². The van der Waals surface area contributed by atoms with Crippen molar-refractivity contribution in [1.82, 2.24) is 14.9 Å². The van der Waals surface area contributed by atoms with Gasteiger partial charge in [0, 0.05) is 32.0 Å². The second kappa shape index (κ2) is 4.45. The number of aryl methyl sites for hydroxylation is 1. The first-order valence-electron chi connectivity index (χ1n) is 6.04. The Balaban J connectivity index is 1.92. The van der Waals surface area contributed by atoms with E-state index < -0.39 is 0 Å². The SMILES string of the molecule is Cn1ccnc1NCC1NCCCC1(C)C. The van der Waals surface area contributed by atoms with Crippen molar-refractivity contribution in [2.75, 3.05) is 18.4 Å². The summed E-state index contributed by atoms with van der Waals surface area (Å²) < 4.78 is 2.01. The van der Waals surface area contributed by atoms with Crippen LogP contribution in [-0.4, -0.2) is 28.7 Å². The summed E-state index contributed by atoms with van der Waals surface area (Å²) in [5, 5.41) is 7.00. The van der Waals surface area contributed by atoms with E-state index in [1.807, 2.05) is 24.0 Å². The van der Waals surface area contributed by atoms with Gasteiger partial charge in [0.2, 0.25) is 5.95 Å². The molecule has 0 bridgehead atoms. The normalized spacial score (nSPS) is 24.3. The van der Waals surface area contributed by atoms with E-state index in [1.54, 1.807) is 0 Å². The summed E-state index contributed by atoms with van der Waals surface area (Å²) in [6, 6.07) is 0.526. The average Bonchev–Trinajstić information content (AvgIpc) is 2.62. The molecule has 4 nitrogen and oxygen atoms in total. The number of hydrogen-bond acceptors (Lipinski definition) is 3. The Hall–Kier alpha value is -1.03. The van der Waals surface area contributed by atoms with E-state index in [9.17, 15) is 0 Å². The monoisotopic (exact) mass is 222 g/mol. The van der Waals surface area contributed by atoms with Crippen molar-refractivity contribution in [2.45, 2.75) is 32.7 Å². The molecule has 1 aliphatic heterocycles. The van der Waals surface area contributed by atoms with Crippen LogP contribution < -0.4 is 10.6 Å². The van der Waals surface area contributed by atoms with Gasteiger partial charge < -0.3 is 15.2 Å². The van der Waals surface area contributed by atoms with Gasteiger partial charge in [-0.2, -0.15) is 0 Å². The molecule has 2 rings (SSSR count). The first-order chi connectivity index (χ1) is 7.59. The molecule has 1 atom stereocenters. The lowest BCUT2D eigenvalue weighted by Crippen LogP contribution is -2.50. The van der Waals surface area contributed by atoms with Crippen LogP contribution >= 0.6 is 0 Å². The molecular weight excluding hydrogens is 200 g/mol. The first-order valence-corrected chi connectivity index (χ1v) is 6.04. The molecule has 1 aliphatic rings. The second-order valence-electron chi connectivity index (χ2n) is 5.34. The fraction of sp³-hybridized carbons (Fsp3) is 0.750. The lowest BCUT2D eigenvalue weighted by molar-refractivity contribution is 0.188. The maximum absolute atomic E-state index is 4.27. The Morgan fingerprint density at radius 2 is 2.44 bits per heavy atom. The van der Waals surface area contributed by atoms with E-state index in [4.69, 9.17) is 0 Å². The number of hydrogen-bond donors (Lipinski definition) is 2. The molecule has 0 amide bonds. The Morgan fingerprint density at radius 3 is 3.06 bits per heavy atom. The standard InChI is InChI=1S/C12H22N4/c1-12(2)5-4-6-13-10(12)9-15-11-14-7-8-16(11)3/h7-8,10,13H,4-6,9H2,1-3H3,(H,14,15). The number of piperidine rings is 1. The number of nitrogens with zero attached hydrogens (tertiary/aromatic N) is 2. The summed E-state index contributed by atoms with van der Waals surface area (Å²) in [6.07, 6.45) is 6.36. The minimum Gasteiger partial charge on any atom is -0.354 e. The molecule has 1 fully saturated rings. The molecular formula is C12H22N4. The van der Waals surface area contributed by atoms with Crippen molar-refractivity contribution >= 4 is 5.95 Å². The summed E-state index contributed by atoms with van der Waals surface area (Å²) in [5.41, 5.74) is 0.371. The van der Waals surface area contributed by atoms with Gasteiger partial charge >= 0.3 is 0 Å². The fourth-order valence-corrected chi connectivity index (χ4v) is 2.35. The van der Waals surface area contributed by atoms with E-state index in [1.165, 1.54) is 12.8 Å². The van der Waals surface area contributed by atoms with Gasteiger partial charge in [0.1, 0.15) is 0 Å². The van der Waals surface area contributed by atoms with Crippen LogP contribution in [-0.2, 0) is 7.05 Å². The molecule has 1 aromatic rings. The molecule has 1 aromatic heterocycles. The predicted octanol–water partition coefficient (Wildman–Crippen LogP) is 1.61. The molecule has 90 valence electrons. The summed E-state index contributed by atoms with van der Waals surface area (Å²) in [4.78, 5) is 4.27. The van der Waals surface area contributed by atoms with Crippen LogP contribution in [0.25, 0.3) is 0 Å². The van der Waals surface area contributed by atoms with Gasteiger partial charge in [-0.15, -0.1) is 0 Å². The van der Waals surface area contributed by atoms with Crippen molar-refractivity contribution in [3.63, 3.8) is 0 Å².